The first-order valence-electron chi connectivity index (χ1n) is 6.02. The highest BCUT2D eigenvalue weighted by Gasteiger charge is 2.24. The summed E-state index contributed by atoms with van der Waals surface area (Å²) in [6, 6.07) is 1.79. The second kappa shape index (κ2) is 4.29. The van der Waals surface area contributed by atoms with Gasteiger partial charge in [-0.25, -0.2) is 18.2 Å². The van der Waals surface area contributed by atoms with Crippen LogP contribution >= 0.6 is 0 Å². The second-order valence-corrected chi connectivity index (χ2v) is 4.72. The van der Waals surface area contributed by atoms with E-state index in [1.807, 2.05) is 0 Å². The molecule has 19 heavy (non-hydrogen) atoms. The largest absolute Gasteiger partial charge is 0.353 e. The average molecular weight is 267 g/mol. The number of hydrogen-bond donors (Lipinski definition) is 1. The van der Waals surface area contributed by atoms with Gasteiger partial charge in [0, 0.05) is 24.4 Å². The zero-order valence-corrected chi connectivity index (χ0v) is 10.3. The van der Waals surface area contributed by atoms with E-state index in [9.17, 15) is 13.2 Å². The summed E-state index contributed by atoms with van der Waals surface area (Å²) in [6.45, 7) is 1.74. The molecule has 0 spiro atoms. The lowest BCUT2D eigenvalue weighted by molar-refractivity contribution is 0.490. The highest BCUT2D eigenvalue weighted by molar-refractivity contribution is 5.45. The fourth-order valence-corrected chi connectivity index (χ4v) is 1.91. The number of nitrogens with zero attached hydrogens (tertiary/aromatic N) is 2. The molecule has 1 aliphatic rings. The van der Waals surface area contributed by atoms with Crippen molar-refractivity contribution < 1.29 is 13.2 Å². The maximum atomic E-state index is 13.8. The lowest BCUT2D eigenvalue weighted by atomic mass is 10.2. The summed E-state index contributed by atoms with van der Waals surface area (Å²) in [6.07, 6.45) is 3.58. The molecule has 3 rings (SSSR count). The first-order valence-corrected chi connectivity index (χ1v) is 6.02. The molecule has 1 aromatic carbocycles. The predicted molar refractivity (Wildman–Crippen MR) is 64.8 cm³/mol. The van der Waals surface area contributed by atoms with E-state index in [2.05, 4.69) is 10.3 Å². The van der Waals surface area contributed by atoms with Gasteiger partial charge in [0.1, 0.15) is 5.82 Å². The van der Waals surface area contributed by atoms with Gasteiger partial charge in [0.25, 0.3) is 0 Å². The van der Waals surface area contributed by atoms with E-state index < -0.39 is 17.5 Å². The molecule has 100 valence electrons. The third-order valence-electron chi connectivity index (χ3n) is 2.97. The lowest BCUT2D eigenvalue weighted by Gasteiger charge is -2.10. The summed E-state index contributed by atoms with van der Waals surface area (Å²) in [5.74, 6) is -2.71. The van der Waals surface area contributed by atoms with Crippen LogP contribution in [0, 0.1) is 24.4 Å². The van der Waals surface area contributed by atoms with Gasteiger partial charge < -0.3 is 5.32 Å². The first-order chi connectivity index (χ1) is 9.04. The number of benzene rings is 1. The zero-order valence-electron chi connectivity index (χ0n) is 10.3. The summed E-state index contributed by atoms with van der Waals surface area (Å²) in [5, 5.41) is 3.11. The summed E-state index contributed by atoms with van der Waals surface area (Å²) < 4.78 is 41.7. The normalized spacial score (nSPS) is 14.7. The van der Waals surface area contributed by atoms with E-state index in [-0.39, 0.29) is 5.69 Å². The number of anilines is 1. The van der Waals surface area contributed by atoms with Crippen molar-refractivity contribution in [2.45, 2.75) is 25.8 Å². The number of hydrogen-bond acceptors (Lipinski definition) is 2. The smallest absolute Gasteiger partial charge is 0.208 e. The Morgan fingerprint density at radius 3 is 2.68 bits per heavy atom. The highest BCUT2D eigenvalue weighted by atomic mass is 19.2. The van der Waals surface area contributed by atoms with Crippen molar-refractivity contribution in [3.8, 4) is 5.69 Å². The topological polar surface area (TPSA) is 29.9 Å². The van der Waals surface area contributed by atoms with Gasteiger partial charge in [-0.05, 0) is 19.8 Å². The molecule has 1 heterocycles. The number of aryl methyl sites for hydroxylation is 1. The quantitative estimate of drug-likeness (QED) is 0.866. The van der Waals surface area contributed by atoms with E-state index in [4.69, 9.17) is 0 Å². The fourth-order valence-electron chi connectivity index (χ4n) is 1.91. The molecule has 1 aliphatic carbocycles. The second-order valence-electron chi connectivity index (χ2n) is 4.72. The molecule has 6 heteroatoms. The minimum absolute atomic E-state index is 0.179. The molecule has 0 aliphatic heterocycles. The third-order valence-corrected chi connectivity index (χ3v) is 2.97. The molecule has 1 aromatic heterocycles. The van der Waals surface area contributed by atoms with Gasteiger partial charge in [0.2, 0.25) is 5.95 Å². The Kier molecular flexibility index (Phi) is 2.73. The molecule has 1 N–H and O–H groups in total. The van der Waals surface area contributed by atoms with E-state index in [0.717, 1.165) is 18.9 Å². The van der Waals surface area contributed by atoms with E-state index >= 15 is 0 Å². The van der Waals surface area contributed by atoms with Crippen LogP contribution in [0.15, 0.2) is 18.3 Å². The summed E-state index contributed by atoms with van der Waals surface area (Å²) in [5.41, 5.74) is 0.466. The summed E-state index contributed by atoms with van der Waals surface area (Å²) in [7, 11) is 0. The van der Waals surface area contributed by atoms with Crippen LogP contribution < -0.4 is 5.32 Å². The number of nitrogens with one attached hydrogen (secondary N) is 1. The number of aromatic nitrogens is 2. The van der Waals surface area contributed by atoms with Crippen molar-refractivity contribution in [1.82, 2.24) is 9.55 Å². The number of rotatable bonds is 3. The van der Waals surface area contributed by atoms with Crippen LogP contribution in [0.1, 0.15) is 18.5 Å². The Morgan fingerprint density at radius 2 is 2.00 bits per heavy atom. The zero-order chi connectivity index (χ0) is 13.6. The van der Waals surface area contributed by atoms with Gasteiger partial charge in [0.15, 0.2) is 11.6 Å². The van der Waals surface area contributed by atoms with Gasteiger partial charge in [-0.1, -0.05) is 0 Å². The Balaban J connectivity index is 2.10. The molecule has 0 unspecified atom stereocenters. The highest BCUT2D eigenvalue weighted by Crippen LogP contribution is 2.27. The standard InChI is InChI=1S/C13H12F3N3/c1-7-6-19(13(17-7)18-9-2-3-9)11-5-8(14)4-10(15)12(11)16/h4-6,9H,2-3H2,1H3,(H,17,18). The van der Waals surface area contributed by atoms with Crippen LogP contribution in [0.25, 0.3) is 5.69 Å². The average Bonchev–Trinajstić information content (AvgIpc) is 3.07. The molecule has 0 atom stereocenters. The maximum absolute atomic E-state index is 13.8. The SMILES string of the molecule is Cc1cn(-c2cc(F)cc(F)c2F)c(NC2CC2)n1. The van der Waals surface area contributed by atoms with Crippen LogP contribution in [-0.4, -0.2) is 15.6 Å². The van der Waals surface area contributed by atoms with Crippen LogP contribution in [0.2, 0.25) is 0 Å². The minimum Gasteiger partial charge on any atom is -0.353 e. The minimum atomic E-state index is -1.21. The van der Waals surface area contributed by atoms with Crippen LogP contribution in [0.5, 0.6) is 0 Å². The van der Waals surface area contributed by atoms with E-state index in [0.29, 0.717) is 23.8 Å². The van der Waals surface area contributed by atoms with E-state index in [1.165, 1.54) is 4.57 Å². The Labute approximate surface area is 108 Å². The van der Waals surface area contributed by atoms with Crippen LogP contribution in [0.4, 0.5) is 19.1 Å². The predicted octanol–water partition coefficient (Wildman–Crippen LogP) is 3.17. The monoisotopic (exact) mass is 267 g/mol. The summed E-state index contributed by atoms with van der Waals surface area (Å²) >= 11 is 0. The number of imidazole rings is 1. The van der Waals surface area contributed by atoms with Crippen molar-refractivity contribution in [2.24, 2.45) is 0 Å². The lowest BCUT2D eigenvalue weighted by Crippen LogP contribution is -2.09. The van der Waals surface area contributed by atoms with Crippen LogP contribution in [0.3, 0.4) is 0 Å². The van der Waals surface area contributed by atoms with Crippen LogP contribution in [-0.2, 0) is 0 Å². The van der Waals surface area contributed by atoms with Gasteiger partial charge in [-0.3, -0.25) is 4.57 Å². The van der Waals surface area contributed by atoms with Crippen molar-refractivity contribution in [3.05, 3.63) is 41.5 Å². The molecule has 0 radical (unpaired) electrons. The Bertz CT molecular complexity index is 632. The maximum Gasteiger partial charge on any atom is 0.208 e. The molecule has 1 fully saturated rings. The fraction of sp³-hybridized carbons (Fsp3) is 0.308. The molecule has 0 saturated heterocycles. The summed E-state index contributed by atoms with van der Waals surface area (Å²) in [4.78, 5) is 4.21. The third kappa shape index (κ3) is 2.30. The molecule has 3 nitrogen and oxygen atoms in total. The molecular formula is C13H12F3N3. The number of halogens is 3. The van der Waals surface area contributed by atoms with Gasteiger partial charge in [-0.2, -0.15) is 0 Å². The Hall–Kier alpha value is -1.98. The van der Waals surface area contributed by atoms with E-state index in [1.54, 1.807) is 13.1 Å². The van der Waals surface area contributed by atoms with Crippen molar-refractivity contribution >= 4 is 5.95 Å². The van der Waals surface area contributed by atoms with Crippen molar-refractivity contribution in [1.29, 1.82) is 0 Å². The van der Waals surface area contributed by atoms with Gasteiger partial charge in [0.05, 0.1) is 11.4 Å². The molecule has 2 aromatic rings. The Morgan fingerprint density at radius 1 is 1.26 bits per heavy atom. The van der Waals surface area contributed by atoms with Crippen molar-refractivity contribution in [3.63, 3.8) is 0 Å². The molecule has 0 amide bonds. The molecule has 1 saturated carbocycles. The van der Waals surface area contributed by atoms with Crippen molar-refractivity contribution in [2.75, 3.05) is 5.32 Å². The van der Waals surface area contributed by atoms with Gasteiger partial charge in [-0.15, -0.1) is 0 Å². The molecule has 0 bridgehead atoms. The first kappa shape index (κ1) is 12.1. The van der Waals surface area contributed by atoms with Gasteiger partial charge >= 0.3 is 0 Å². The molecular weight excluding hydrogens is 255 g/mol.